The molecule has 1 aromatic rings. The predicted octanol–water partition coefficient (Wildman–Crippen LogP) is 6.71. The van der Waals surface area contributed by atoms with E-state index in [1.54, 1.807) is 0 Å². The van der Waals surface area contributed by atoms with Gasteiger partial charge in [0.05, 0.1) is 0 Å². The molecule has 0 bridgehead atoms. The Hall–Kier alpha value is -1.44. The van der Waals surface area contributed by atoms with Crippen LogP contribution in [0.1, 0.15) is 85.1 Å². The van der Waals surface area contributed by atoms with E-state index in [4.69, 9.17) is 0 Å². The Morgan fingerprint density at radius 1 is 1.03 bits per heavy atom. The molecule has 3 saturated carbocycles. The Morgan fingerprint density at radius 2 is 1.83 bits per heavy atom. The van der Waals surface area contributed by atoms with Crippen LogP contribution in [0.3, 0.4) is 0 Å². The van der Waals surface area contributed by atoms with E-state index in [9.17, 15) is 4.79 Å². The van der Waals surface area contributed by atoms with Crippen molar-refractivity contribution >= 4 is 11.4 Å². The first kappa shape index (κ1) is 19.5. The van der Waals surface area contributed by atoms with Gasteiger partial charge in [-0.05, 0) is 88.7 Å². The van der Waals surface area contributed by atoms with Gasteiger partial charge in [-0.15, -0.1) is 0 Å². The van der Waals surface area contributed by atoms with Gasteiger partial charge in [0.1, 0.15) is 5.78 Å². The van der Waals surface area contributed by atoms with Crippen LogP contribution in [0.5, 0.6) is 0 Å². The first-order valence-electron chi connectivity index (χ1n) is 11.8. The van der Waals surface area contributed by atoms with Crippen LogP contribution in [0.2, 0.25) is 0 Å². The van der Waals surface area contributed by atoms with E-state index in [0.717, 1.165) is 19.3 Å². The zero-order chi connectivity index (χ0) is 20.7. The molecular weight excluding hydrogens is 354 g/mol. The summed E-state index contributed by atoms with van der Waals surface area (Å²) in [6.45, 7) is 12.8. The van der Waals surface area contributed by atoms with Gasteiger partial charge in [-0.1, -0.05) is 46.8 Å². The number of hydrogen-bond acceptors (Lipinski definition) is 2. The summed E-state index contributed by atoms with van der Waals surface area (Å²) in [5, 5.41) is 0. The van der Waals surface area contributed by atoms with Crippen molar-refractivity contribution < 1.29 is 4.79 Å². The molecule has 2 nitrogen and oxygen atoms in total. The van der Waals surface area contributed by atoms with Gasteiger partial charge in [-0.3, -0.25) is 9.78 Å². The number of Topliss-reactive ketones (excluding diaryl/α,β-unsaturated/α-hetero) is 1. The monoisotopic (exact) mass is 391 g/mol. The average molecular weight is 392 g/mol. The highest BCUT2D eigenvalue weighted by Crippen LogP contribution is 2.77. The number of carbonyl (C=O) groups excluding carboxylic acids is 1. The molecule has 4 aliphatic carbocycles. The van der Waals surface area contributed by atoms with Crippen LogP contribution in [-0.4, -0.2) is 10.8 Å². The number of ketones is 1. The second-order valence-corrected chi connectivity index (χ2v) is 11.8. The summed E-state index contributed by atoms with van der Waals surface area (Å²) >= 11 is 0. The van der Waals surface area contributed by atoms with Crippen LogP contribution in [0.15, 0.2) is 30.6 Å². The molecule has 0 radical (unpaired) electrons. The third-order valence-corrected chi connectivity index (χ3v) is 11.0. The first-order chi connectivity index (χ1) is 13.7. The smallest absolute Gasteiger partial charge is 0.133 e. The van der Waals surface area contributed by atoms with Crippen molar-refractivity contribution in [3.63, 3.8) is 0 Å². The second kappa shape index (κ2) is 6.05. The van der Waals surface area contributed by atoms with Crippen LogP contribution < -0.4 is 0 Å². The molecule has 0 aromatic carbocycles. The Kier molecular flexibility index (Phi) is 4.07. The van der Waals surface area contributed by atoms with Crippen molar-refractivity contribution in [1.29, 1.82) is 0 Å². The minimum Gasteiger partial charge on any atom is -0.300 e. The Morgan fingerprint density at radius 3 is 2.55 bits per heavy atom. The summed E-state index contributed by atoms with van der Waals surface area (Å²) in [5.74, 6) is 2.44. The van der Waals surface area contributed by atoms with E-state index in [1.807, 2.05) is 6.20 Å². The van der Waals surface area contributed by atoms with Crippen molar-refractivity contribution in [2.24, 2.45) is 39.4 Å². The zero-order valence-corrected chi connectivity index (χ0v) is 18.9. The number of carbonyl (C=O) groups is 1. The molecule has 1 aromatic heterocycles. The number of fused-ring (bicyclic) bond motifs is 5. The molecule has 0 saturated heterocycles. The molecule has 0 amide bonds. The van der Waals surface area contributed by atoms with Crippen LogP contribution in [0.4, 0.5) is 0 Å². The minimum atomic E-state index is 0.216. The molecule has 0 N–H and O–H groups in total. The largest absolute Gasteiger partial charge is 0.300 e. The highest BCUT2D eigenvalue weighted by molar-refractivity contribution is 5.80. The maximum Gasteiger partial charge on any atom is 0.133 e. The molecule has 29 heavy (non-hydrogen) atoms. The molecule has 2 heteroatoms. The highest BCUT2D eigenvalue weighted by Gasteiger charge is 2.69. The van der Waals surface area contributed by atoms with Crippen LogP contribution in [0.25, 0.3) is 5.57 Å². The minimum absolute atomic E-state index is 0.216. The standard InChI is InChI=1S/C27H37NO/c1-18-15-23-26(4)11-9-21(19-7-6-14-28-17-19)25(26,3)12-13-27(23,5)24(2)10-8-20(29)16-22(18)24/h6-7,9,14,17-18,22-23H,8,10-13,15-16H2,1-5H3/t18?,22?,23-,24-,25+,26-,27-/m0/s1. The van der Waals surface area contributed by atoms with E-state index < -0.39 is 0 Å². The summed E-state index contributed by atoms with van der Waals surface area (Å²) in [6.07, 6.45) is 14.2. The molecule has 0 spiro atoms. The van der Waals surface area contributed by atoms with E-state index in [1.165, 1.54) is 36.8 Å². The van der Waals surface area contributed by atoms with Gasteiger partial charge in [0.15, 0.2) is 0 Å². The van der Waals surface area contributed by atoms with Crippen molar-refractivity contribution in [3.05, 3.63) is 36.2 Å². The van der Waals surface area contributed by atoms with Gasteiger partial charge in [0, 0.05) is 25.2 Å². The average Bonchev–Trinajstić information content (AvgIpc) is 2.98. The fourth-order valence-electron chi connectivity index (χ4n) is 8.80. The summed E-state index contributed by atoms with van der Waals surface area (Å²) in [7, 11) is 0. The molecule has 2 unspecified atom stereocenters. The second-order valence-electron chi connectivity index (χ2n) is 11.8. The number of aromatic nitrogens is 1. The fraction of sp³-hybridized carbons (Fsp3) is 0.704. The number of rotatable bonds is 1. The van der Waals surface area contributed by atoms with Gasteiger partial charge >= 0.3 is 0 Å². The van der Waals surface area contributed by atoms with E-state index in [-0.39, 0.29) is 10.8 Å². The molecule has 5 rings (SSSR count). The first-order valence-corrected chi connectivity index (χ1v) is 11.8. The maximum atomic E-state index is 12.4. The van der Waals surface area contributed by atoms with Crippen molar-refractivity contribution in [2.45, 2.75) is 79.6 Å². The Bertz CT molecular complexity index is 874. The molecule has 1 heterocycles. The fourth-order valence-corrected chi connectivity index (χ4v) is 8.80. The summed E-state index contributed by atoms with van der Waals surface area (Å²) in [5.41, 5.74) is 3.98. The van der Waals surface area contributed by atoms with Crippen molar-refractivity contribution in [2.75, 3.05) is 0 Å². The van der Waals surface area contributed by atoms with E-state index >= 15 is 0 Å². The Labute approximate surface area is 176 Å². The molecule has 3 fully saturated rings. The maximum absolute atomic E-state index is 12.4. The molecule has 7 atom stereocenters. The van der Waals surface area contributed by atoms with Gasteiger partial charge in [-0.25, -0.2) is 0 Å². The van der Waals surface area contributed by atoms with E-state index in [2.05, 4.69) is 64.0 Å². The van der Waals surface area contributed by atoms with Crippen molar-refractivity contribution in [1.82, 2.24) is 4.98 Å². The molecule has 0 aliphatic heterocycles. The number of allylic oxidation sites excluding steroid dienone is 2. The summed E-state index contributed by atoms with van der Waals surface area (Å²) < 4.78 is 0. The van der Waals surface area contributed by atoms with Gasteiger partial charge in [0.2, 0.25) is 0 Å². The zero-order valence-electron chi connectivity index (χ0n) is 18.9. The molecule has 4 aliphatic rings. The lowest BCUT2D eigenvalue weighted by Crippen LogP contribution is -2.64. The van der Waals surface area contributed by atoms with Crippen molar-refractivity contribution in [3.8, 4) is 0 Å². The van der Waals surface area contributed by atoms with Gasteiger partial charge in [0.25, 0.3) is 0 Å². The normalized spacial score (nSPS) is 49.1. The van der Waals surface area contributed by atoms with E-state index in [0.29, 0.717) is 34.4 Å². The summed E-state index contributed by atoms with van der Waals surface area (Å²) in [6, 6.07) is 4.33. The SMILES string of the molecule is CC1C[C@@H]2[C@](C)(CC[C@]3(C)C(c4cccnc4)=CC[C@@]23C)[C@@]2(C)CCC(=O)CC12. The molecule has 156 valence electrons. The van der Waals surface area contributed by atoms with Gasteiger partial charge < -0.3 is 0 Å². The quantitative estimate of drug-likeness (QED) is 0.532. The highest BCUT2D eigenvalue weighted by atomic mass is 16.1. The lowest BCUT2D eigenvalue weighted by Gasteiger charge is -2.70. The predicted molar refractivity (Wildman–Crippen MR) is 118 cm³/mol. The number of pyridine rings is 1. The lowest BCUT2D eigenvalue weighted by atomic mass is 9.34. The third-order valence-electron chi connectivity index (χ3n) is 11.0. The lowest BCUT2D eigenvalue weighted by molar-refractivity contribution is -0.209. The number of hydrogen-bond donors (Lipinski definition) is 0. The van der Waals surface area contributed by atoms with Crippen LogP contribution in [-0.2, 0) is 4.79 Å². The van der Waals surface area contributed by atoms with Crippen LogP contribution in [0, 0.1) is 39.4 Å². The third kappa shape index (κ3) is 2.29. The van der Waals surface area contributed by atoms with Gasteiger partial charge in [-0.2, -0.15) is 0 Å². The van der Waals surface area contributed by atoms with Crippen LogP contribution >= 0.6 is 0 Å². The number of nitrogens with zero attached hydrogens (tertiary/aromatic N) is 1. The summed E-state index contributed by atoms with van der Waals surface area (Å²) in [4.78, 5) is 16.8. The Balaban J connectivity index is 1.58. The molecular formula is C27H37NO. The topological polar surface area (TPSA) is 30.0 Å².